The van der Waals surface area contributed by atoms with E-state index in [4.69, 9.17) is 21.3 Å². The lowest BCUT2D eigenvalue weighted by molar-refractivity contribution is -0.129. The molecule has 7 heteroatoms. The van der Waals surface area contributed by atoms with Crippen LogP contribution in [0.5, 0.6) is 11.5 Å². The summed E-state index contributed by atoms with van der Waals surface area (Å²) in [7, 11) is 0. The third-order valence-electron chi connectivity index (χ3n) is 4.99. The van der Waals surface area contributed by atoms with Crippen LogP contribution in [0.25, 0.3) is 10.1 Å². The maximum atomic E-state index is 12.9. The molecule has 5 nitrogen and oxygen atoms in total. The smallest absolute Gasteiger partial charge is 0.254 e. The summed E-state index contributed by atoms with van der Waals surface area (Å²) in [6.45, 7) is 1.23. The fourth-order valence-corrected chi connectivity index (χ4v) is 5.07. The van der Waals surface area contributed by atoms with E-state index in [0.717, 1.165) is 11.3 Å². The Morgan fingerprint density at radius 3 is 3.00 bits per heavy atom. The molecule has 1 atom stereocenters. The fourth-order valence-electron chi connectivity index (χ4n) is 3.63. The molecule has 2 aromatic carbocycles. The Bertz CT molecular complexity index is 1040. The first-order valence-corrected chi connectivity index (χ1v) is 9.93. The minimum absolute atomic E-state index is 0.115. The summed E-state index contributed by atoms with van der Waals surface area (Å²) in [4.78, 5) is 14.2. The molecule has 0 spiro atoms. The molecular weight excluding hydrogens is 384 g/mol. The molecule has 2 aliphatic rings. The van der Waals surface area contributed by atoms with Gasteiger partial charge in [0.1, 0.15) is 0 Å². The van der Waals surface area contributed by atoms with E-state index in [1.807, 2.05) is 30.3 Å². The van der Waals surface area contributed by atoms with Crippen LogP contribution in [0.2, 0.25) is 0 Å². The van der Waals surface area contributed by atoms with Crippen molar-refractivity contribution in [2.24, 2.45) is 0 Å². The lowest BCUT2D eigenvalue weighted by Gasteiger charge is -2.26. The van der Waals surface area contributed by atoms with E-state index in [-0.39, 0.29) is 18.7 Å². The first-order valence-electron chi connectivity index (χ1n) is 8.77. The zero-order chi connectivity index (χ0) is 18.4. The Morgan fingerprint density at radius 1 is 1.22 bits per heavy atom. The zero-order valence-corrected chi connectivity index (χ0v) is 16.0. The second kappa shape index (κ2) is 6.71. The van der Waals surface area contributed by atoms with Gasteiger partial charge in [0.15, 0.2) is 11.5 Å². The molecule has 0 unspecified atom stereocenters. The maximum absolute atomic E-state index is 12.9. The summed E-state index contributed by atoms with van der Waals surface area (Å²) in [5.41, 5.74) is 2.17. The molecule has 2 aliphatic heterocycles. The summed E-state index contributed by atoms with van der Waals surface area (Å²) >= 11 is 8.13. The molecular formula is C20H17ClN2O3S. The van der Waals surface area contributed by atoms with E-state index in [1.165, 1.54) is 24.9 Å². The lowest BCUT2D eigenvalue weighted by Crippen LogP contribution is -2.46. The number of carbonyl (C=O) groups excluding carboxylic acids is 1. The van der Waals surface area contributed by atoms with E-state index in [0.29, 0.717) is 25.3 Å². The van der Waals surface area contributed by atoms with Gasteiger partial charge in [0, 0.05) is 27.9 Å². The van der Waals surface area contributed by atoms with Crippen molar-refractivity contribution < 1.29 is 14.3 Å². The van der Waals surface area contributed by atoms with Gasteiger partial charge in [-0.05, 0) is 41.1 Å². The van der Waals surface area contributed by atoms with Gasteiger partial charge in [0.2, 0.25) is 6.79 Å². The van der Waals surface area contributed by atoms with Crippen molar-refractivity contribution in [3.05, 3.63) is 58.5 Å². The van der Waals surface area contributed by atoms with Crippen LogP contribution in [-0.4, -0.2) is 23.2 Å². The van der Waals surface area contributed by atoms with Gasteiger partial charge >= 0.3 is 0 Å². The predicted octanol–water partition coefficient (Wildman–Crippen LogP) is 3.83. The Labute approximate surface area is 165 Å². The van der Waals surface area contributed by atoms with Gasteiger partial charge in [-0.25, -0.2) is 4.42 Å². The fraction of sp³-hybridized carbons (Fsp3) is 0.250. The average molecular weight is 401 g/mol. The van der Waals surface area contributed by atoms with Gasteiger partial charge in [0.25, 0.3) is 5.91 Å². The lowest BCUT2D eigenvalue weighted by atomic mass is 9.98. The van der Waals surface area contributed by atoms with Crippen molar-refractivity contribution in [2.45, 2.75) is 25.6 Å². The van der Waals surface area contributed by atoms with Crippen LogP contribution >= 0.6 is 23.1 Å². The molecule has 0 fully saturated rings. The number of halogens is 1. The van der Waals surface area contributed by atoms with Gasteiger partial charge in [-0.15, -0.1) is 11.3 Å². The van der Waals surface area contributed by atoms with Crippen molar-refractivity contribution in [1.29, 1.82) is 0 Å². The van der Waals surface area contributed by atoms with Crippen molar-refractivity contribution in [1.82, 2.24) is 9.74 Å². The highest BCUT2D eigenvalue weighted by atomic mass is 35.5. The topological polar surface area (TPSA) is 50.8 Å². The van der Waals surface area contributed by atoms with Crippen molar-refractivity contribution in [3.8, 4) is 11.5 Å². The molecule has 5 rings (SSSR count). The molecule has 3 aromatic rings. The van der Waals surface area contributed by atoms with Gasteiger partial charge < -0.3 is 14.8 Å². The summed E-state index contributed by atoms with van der Waals surface area (Å²) in [6, 6.07) is 13.6. The molecule has 0 bridgehead atoms. The predicted molar refractivity (Wildman–Crippen MR) is 105 cm³/mol. The maximum Gasteiger partial charge on any atom is 0.254 e. The molecule has 0 aliphatic carbocycles. The molecule has 1 amide bonds. The average Bonchev–Trinajstić information content (AvgIpc) is 3.30. The van der Waals surface area contributed by atoms with Crippen LogP contribution in [-0.2, 0) is 24.3 Å². The third kappa shape index (κ3) is 3.04. The number of hydrogen-bond acceptors (Lipinski definition) is 5. The van der Waals surface area contributed by atoms with Crippen molar-refractivity contribution in [3.63, 3.8) is 0 Å². The molecule has 138 valence electrons. The van der Waals surface area contributed by atoms with Gasteiger partial charge in [-0.3, -0.25) is 4.79 Å². The second-order valence-corrected chi connectivity index (χ2v) is 8.23. The molecule has 1 aromatic heterocycles. The van der Waals surface area contributed by atoms with Gasteiger partial charge in [0.05, 0.1) is 12.6 Å². The van der Waals surface area contributed by atoms with Crippen molar-refractivity contribution in [2.75, 3.05) is 6.79 Å². The number of nitrogens with zero attached hydrogens (tertiary/aromatic N) is 1. The summed E-state index contributed by atoms with van der Waals surface area (Å²) < 4.78 is 13.2. The van der Waals surface area contributed by atoms with E-state index in [1.54, 1.807) is 11.3 Å². The molecule has 0 saturated carbocycles. The number of fused-ring (bicyclic) bond motifs is 4. The summed E-state index contributed by atoms with van der Waals surface area (Å²) in [6.07, 6.45) is 0.655. The third-order valence-corrected chi connectivity index (χ3v) is 6.49. The number of rotatable bonds is 3. The highest BCUT2D eigenvalue weighted by Crippen LogP contribution is 2.35. The van der Waals surface area contributed by atoms with E-state index in [9.17, 15) is 4.79 Å². The van der Waals surface area contributed by atoms with Gasteiger partial charge in [-0.1, -0.05) is 24.3 Å². The first kappa shape index (κ1) is 16.9. The number of amides is 1. The highest BCUT2D eigenvalue weighted by Gasteiger charge is 2.30. The van der Waals surface area contributed by atoms with Crippen LogP contribution in [0, 0.1) is 0 Å². The van der Waals surface area contributed by atoms with Crippen LogP contribution < -0.4 is 14.8 Å². The molecule has 27 heavy (non-hydrogen) atoms. The highest BCUT2D eigenvalue weighted by molar-refractivity contribution is 7.19. The molecule has 1 N–H and O–H groups in total. The minimum atomic E-state index is -0.318. The normalized spacial score (nSPS) is 17.7. The Balaban J connectivity index is 1.32. The standard InChI is InChI=1S/C20H17ClN2O3S/c21-23(10-12-5-6-16-17(7-12)26-11-25-16)20(24)15-8-14-13-3-1-2-4-18(13)27-19(14)9-22-15/h1-7,15,22H,8-11H2/t15-/m1/s1. The second-order valence-electron chi connectivity index (χ2n) is 6.68. The largest absolute Gasteiger partial charge is 0.454 e. The van der Waals surface area contributed by atoms with Crippen molar-refractivity contribution >= 4 is 39.1 Å². The van der Waals surface area contributed by atoms with Gasteiger partial charge in [-0.2, -0.15) is 0 Å². The van der Waals surface area contributed by atoms with E-state index >= 15 is 0 Å². The zero-order valence-electron chi connectivity index (χ0n) is 14.4. The number of carbonyl (C=O) groups is 1. The monoisotopic (exact) mass is 400 g/mol. The van der Waals surface area contributed by atoms with E-state index in [2.05, 4.69) is 17.4 Å². The van der Waals surface area contributed by atoms with Crippen LogP contribution in [0.3, 0.4) is 0 Å². The molecule has 0 radical (unpaired) electrons. The minimum Gasteiger partial charge on any atom is -0.454 e. The number of thiophene rings is 1. The molecule has 3 heterocycles. The van der Waals surface area contributed by atoms with E-state index < -0.39 is 0 Å². The summed E-state index contributed by atoms with van der Waals surface area (Å²) in [5.74, 6) is 1.29. The van der Waals surface area contributed by atoms with Crippen LogP contribution in [0.15, 0.2) is 42.5 Å². The van der Waals surface area contributed by atoms with Crippen LogP contribution in [0.4, 0.5) is 0 Å². The number of nitrogens with one attached hydrogen (secondary N) is 1. The number of benzene rings is 2. The van der Waals surface area contributed by atoms with Crippen LogP contribution in [0.1, 0.15) is 16.0 Å². The molecule has 0 saturated heterocycles. The number of hydrogen-bond donors (Lipinski definition) is 1. The SMILES string of the molecule is O=C([C@H]1Cc2c(sc3ccccc23)CN1)N(Cl)Cc1ccc2c(c1)OCO2. The number of ether oxygens (including phenoxy) is 2. The Hall–Kier alpha value is -2.28. The summed E-state index contributed by atoms with van der Waals surface area (Å²) in [5, 5.41) is 4.58. The Morgan fingerprint density at radius 2 is 2.07 bits per heavy atom. The first-order chi connectivity index (χ1) is 13.2. The Kier molecular flexibility index (Phi) is 4.19. The quantitative estimate of drug-likeness (QED) is 0.679.